The van der Waals surface area contributed by atoms with Crippen LogP contribution in [0.1, 0.15) is 12.8 Å². The van der Waals surface area contributed by atoms with Gasteiger partial charge in [0.05, 0.1) is 9.47 Å². The molecule has 0 saturated carbocycles. The highest BCUT2D eigenvalue weighted by atomic mass is 79.9. The van der Waals surface area contributed by atoms with Gasteiger partial charge < -0.3 is 5.32 Å². The lowest BCUT2D eigenvalue weighted by Gasteiger charge is -2.30. The van der Waals surface area contributed by atoms with Crippen molar-refractivity contribution in [3.05, 3.63) is 46.5 Å². The number of tetrazole rings is 1. The van der Waals surface area contributed by atoms with E-state index in [-0.39, 0.29) is 11.8 Å². The lowest BCUT2D eigenvalue weighted by molar-refractivity contribution is -0.120. The van der Waals surface area contributed by atoms with Gasteiger partial charge in [-0.3, -0.25) is 4.79 Å². The van der Waals surface area contributed by atoms with Crippen LogP contribution in [0.5, 0.6) is 0 Å². The molecule has 0 spiro atoms. The SMILES string of the molecule is O=C(Nc1ccc(-n2cnnn2)cc1)C1CCN(S(=O)(=O)c2ccc(Br)s2)CC1. The standard InChI is InChI=1S/C17H17BrN6O3S2/c18-15-5-6-16(28-15)29(26,27)23-9-7-12(8-10-23)17(25)20-13-1-3-14(4-2-13)24-11-19-21-22-24/h1-6,11-12H,7-10H2,(H,20,25). The Hall–Kier alpha value is -2.15. The highest BCUT2D eigenvalue weighted by Crippen LogP contribution is 2.31. The predicted octanol–water partition coefficient (Wildman–Crippen LogP) is 2.53. The molecule has 0 unspecified atom stereocenters. The van der Waals surface area contributed by atoms with E-state index in [4.69, 9.17) is 0 Å². The number of aromatic nitrogens is 4. The number of carbonyl (C=O) groups is 1. The molecule has 1 aromatic carbocycles. The second-order valence-corrected chi connectivity index (χ2v) is 11.2. The molecule has 12 heteroatoms. The molecule has 0 bridgehead atoms. The minimum atomic E-state index is -3.50. The van der Waals surface area contributed by atoms with Crippen molar-refractivity contribution in [1.29, 1.82) is 0 Å². The van der Waals surface area contributed by atoms with Gasteiger partial charge in [0, 0.05) is 24.7 Å². The van der Waals surface area contributed by atoms with Crippen LogP contribution in [0.3, 0.4) is 0 Å². The van der Waals surface area contributed by atoms with Gasteiger partial charge in [-0.25, -0.2) is 13.1 Å². The van der Waals surface area contributed by atoms with Gasteiger partial charge >= 0.3 is 0 Å². The Morgan fingerprint density at radius 2 is 1.86 bits per heavy atom. The van der Waals surface area contributed by atoms with Crippen molar-refractivity contribution in [2.45, 2.75) is 17.1 Å². The molecule has 1 amide bonds. The predicted molar refractivity (Wildman–Crippen MR) is 111 cm³/mol. The number of nitrogens with zero attached hydrogens (tertiary/aromatic N) is 5. The van der Waals surface area contributed by atoms with Crippen LogP contribution in [0.4, 0.5) is 5.69 Å². The fraction of sp³-hybridized carbons (Fsp3) is 0.294. The fourth-order valence-corrected chi connectivity index (χ4v) is 6.78. The largest absolute Gasteiger partial charge is 0.326 e. The van der Waals surface area contributed by atoms with Crippen LogP contribution in [0, 0.1) is 5.92 Å². The molecule has 1 fully saturated rings. The summed E-state index contributed by atoms with van der Waals surface area (Å²) in [4.78, 5) is 12.6. The van der Waals surface area contributed by atoms with E-state index in [0.717, 1.165) is 9.47 Å². The number of anilines is 1. The van der Waals surface area contributed by atoms with Gasteiger partial charge in [0.1, 0.15) is 10.5 Å². The van der Waals surface area contributed by atoms with Gasteiger partial charge in [-0.2, -0.15) is 4.31 Å². The van der Waals surface area contributed by atoms with Gasteiger partial charge in [-0.15, -0.1) is 16.4 Å². The molecule has 0 radical (unpaired) electrons. The van der Waals surface area contributed by atoms with Gasteiger partial charge in [-0.05, 0) is 75.6 Å². The monoisotopic (exact) mass is 496 g/mol. The highest BCUT2D eigenvalue weighted by Gasteiger charge is 2.32. The zero-order valence-electron chi connectivity index (χ0n) is 15.1. The van der Waals surface area contributed by atoms with Gasteiger partial charge in [0.25, 0.3) is 10.0 Å². The molecule has 29 heavy (non-hydrogen) atoms. The van der Waals surface area contributed by atoms with Gasteiger partial charge in [0.2, 0.25) is 5.91 Å². The number of halogens is 1. The summed E-state index contributed by atoms with van der Waals surface area (Å²) in [5.74, 6) is -0.327. The Morgan fingerprint density at radius 3 is 2.45 bits per heavy atom. The van der Waals surface area contributed by atoms with E-state index in [1.807, 2.05) is 0 Å². The van der Waals surface area contributed by atoms with Crippen LogP contribution in [0.2, 0.25) is 0 Å². The van der Waals surface area contributed by atoms with Gasteiger partial charge in [-0.1, -0.05) is 0 Å². The molecule has 4 rings (SSSR count). The summed E-state index contributed by atoms with van der Waals surface area (Å²) in [6, 6.07) is 10.5. The molecule has 0 aliphatic carbocycles. The summed E-state index contributed by atoms with van der Waals surface area (Å²) in [6.07, 6.45) is 2.46. The average Bonchev–Trinajstić information content (AvgIpc) is 3.41. The first-order valence-corrected chi connectivity index (χ1v) is 11.9. The van der Waals surface area contributed by atoms with Crippen LogP contribution < -0.4 is 5.32 Å². The zero-order chi connectivity index (χ0) is 20.4. The summed E-state index contributed by atoms with van der Waals surface area (Å²) in [6.45, 7) is 0.655. The lowest BCUT2D eigenvalue weighted by Crippen LogP contribution is -2.41. The number of amides is 1. The first-order chi connectivity index (χ1) is 13.9. The van der Waals surface area contributed by atoms with Crippen LogP contribution in [-0.2, 0) is 14.8 Å². The summed E-state index contributed by atoms with van der Waals surface area (Å²) < 4.78 is 29.5. The quantitative estimate of drug-likeness (QED) is 0.580. The van der Waals surface area contributed by atoms with Crippen molar-refractivity contribution in [1.82, 2.24) is 24.5 Å². The van der Waals surface area contributed by atoms with E-state index in [0.29, 0.717) is 35.8 Å². The molecule has 1 aliphatic heterocycles. The third kappa shape index (κ3) is 4.39. The zero-order valence-corrected chi connectivity index (χ0v) is 18.3. The summed E-state index contributed by atoms with van der Waals surface area (Å²) in [5, 5.41) is 13.9. The summed E-state index contributed by atoms with van der Waals surface area (Å²) in [7, 11) is -3.50. The maximum absolute atomic E-state index is 12.7. The minimum Gasteiger partial charge on any atom is -0.326 e. The third-order valence-electron chi connectivity index (χ3n) is 4.72. The second kappa shape index (κ2) is 8.30. The van der Waals surface area contributed by atoms with E-state index in [1.54, 1.807) is 36.4 Å². The van der Waals surface area contributed by atoms with Gasteiger partial charge in [0.15, 0.2) is 0 Å². The molecule has 3 aromatic rings. The van der Waals surface area contributed by atoms with E-state index in [1.165, 1.54) is 26.7 Å². The Bertz CT molecular complexity index is 1090. The number of hydrogen-bond acceptors (Lipinski definition) is 7. The molecular formula is C17H17BrN6O3S2. The molecule has 0 atom stereocenters. The number of rotatable bonds is 5. The molecule has 3 heterocycles. The number of hydrogen-bond donors (Lipinski definition) is 1. The Morgan fingerprint density at radius 1 is 1.14 bits per heavy atom. The van der Waals surface area contributed by atoms with Crippen molar-refractivity contribution < 1.29 is 13.2 Å². The summed E-state index contributed by atoms with van der Waals surface area (Å²) >= 11 is 4.49. The normalized spacial score (nSPS) is 16.0. The number of sulfonamides is 1. The Balaban J connectivity index is 1.34. The second-order valence-electron chi connectivity index (χ2n) is 6.53. The maximum Gasteiger partial charge on any atom is 0.252 e. The van der Waals surface area contributed by atoms with E-state index >= 15 is 0 Å². The maximum atomic E-state index is 12.7. The number of nitrogens with one attached hydrogen (secondary N) is 1. The number of piperidine rings is 1. The molecule has 1 saturated heterocycles. The third-order valence-corrected chi connectivity index (χ3v) is 8.71. The van der Waals surface area contributed by atoms with Crippen molar-refractivity contribution in [2.24, 2.45) is 5.92 Å². The van der Waals surface area contributed by atoms with E-state index in [2.05, 4.69) is 36.8 Å². The Labute approximate surface area is 179 Å². The van der Waals surface area contributed by atoms with E-state index < -0.39 is 10.0 Å². The smallest absolute Gasteiger partial charge is 0.252 e. The molecule has 2 aromatic heterocycles. The number of benzene rings is 1. The highest BCUT2D eigenvalue weighted by molar-refractivity contribution is 9.11. The molecular weight excluding hydrogens is 480 g/mol. The van der Waals surface area contributed by atoms with Crippen LogP contribution in [0.25, 0.3) is 5.69 Å². The van der Waals surface area contributed by atoms with Crippen LogP contribution in [-0.4, -0.2) is 51.9 Å². The number of carbonyl (C=O) groups excluding carboxylic acids is 1. The first-order valence-electron chi connectivity index (χ1n) is 8.83. The van der Waals surface area contributed by atoms with Crippen LogP contribution >= 0.6 is 27.3 Å². The molecule has 152 valence electrons. The van der Waals surface area contributed by atoms with Crippen molar-refractivity contribution >= 4 is 48.9 Å². The number of thiophene rings is 1. The van der Waals surface area contributed by atoms with Crippen molar-refractivity contribution in [3.8, 4) is 5.69 Å². The van der Waals surface area contributed by atoms with Crippen molar-refractivity contribution in [3.63, 3.8) is 0 Å². The molecule has 9 nitrogen and oxygen atoms in total. The molecule has 1 N–H and O–H groups in total. The average molecular weight is 497 g/mol. The minimum absolute atomic E-state index is 0.101. The lowest BCUT2D eigenvalue weighted by atomic mass is 9.97. The summed E-state index contributed by atoms with van der Waals surface area (Å²) in [5.41, 5.74) is 1.46. The van der Waals surface area contributed by atoms with E-state index in [9.17, 15) is 13.2 Å². The van der Waals surface area contributed by atoms with Crippen molar-refractivity contribution in [2.75, 3.05) is 18.4 Å². The molecule has 1 aliphatic rings. The van der Waals surface area contributed by atoms with Crippen LogP contribution in [0.15, 0.2) is 50.7 Å². The fourth-order valence-electron chi connectivity index (χ4n) is 3.14. The first kappa shape index (κ1) is 20.1. The Kier molecular flexibility index (Phi) is 5.76. The topological polar surface area (TPSA) is 110 Å².